The molecule has 22 heavy (non-hydrogen) atoms. The number of methoxy groups -OCH3 is 1. The van der Waals surface area contributed by atoms with Gasteiger partial charge >= 0.3 is 0 Å². The maximum absolute atomic E-state index is 13.0. The number of imidazole rings is 1. The Bertz CT molecular complexity index is 640. The van der Waals surface area contributed by atoms with Crippen LogP contribution in [0.2, 0.25) is 0 Å². The predicted octanol–water partition coefficient (Wildman–Crippen LogP) is 2.05. The van der Waals surface area contributed by atoms with E-state index in [1.165, 1.54) is 6.20 Å². The second-order valence-corrected chi connectivity index (χ2v) is 6.19. The molecule has 118 valence electrons. The zero-order chi connectivity index (χ0) is 15.7. The molecule has 2 aromatic rings. The predicted molar refractivity (Wildman–Crippen MR) is 80.0 cm³/mol. The van der Waals surface area contributed by atoms with E-state index in [9.17, 15) is 4.39 Å². The molecule has 1 aliphatic rings. The molecular formula is C15H20FN5O. The van der Waals surface area contributed by atoms with Crippen LogP contribution in [-0.2, 0) is 11.3 Å². The van der Waals surface area contributed by atoms with Gasteiger partial charge in [0.25, 0.3) is 0 Å². The Morgan fingerprint density at radius 1 is 1.32 bits per heavy atom. The lowest BCUT2D eigenvalue weighted by atomic mass is 9.74. The highest BCUT2D eigenvalue weighted by molar-refractivity contribution is 5.45. The minimum absolute atomic E-state index is 0.0617. The van der Waals surface area contributed by atoms with Crippen molar-refractivity contribution in [2.75, 3.05) is 25.2 Å². The van der Waals surface area contributed by atoms with Crippen molar-refractivity contribution in [1.29, 1.82) is 0 Å². The molecule has 6 nitrogen and oxygen atoms in total. The van der Waals surface area contributed by atoms with E-state index in [1.807, 2.05) is 6.20 Å². The molecule has 1 fully saturated rings. The third-order valence-corrected chi connectivity index (χ3v) is 4.06. The number of halogens is 1. The van der Waals surface area contributed by atoms with E-state index in [4.69, 9.17) is 4.74 Å². The molecule has 7 heteroatoms. The number of anilines is 1. The highest BCUT2D eigenvalue weighted by atomic mass is 19.1. The Hall–Kier alpha value is -2.02. The lowest BCUT2D eigenvalue weighted by Gasteiger charge is -2.54. The molecule has 0 amide bonds. The molecule has 0 saturated carbocycles. The number of ether oxygens (including phenoxy) is 1. The quantitative estimate of drug-likeness (QED) is 0.846. The van der Waals surface area contributed by atoms with Crippen LogP contribution in [0.1, 0.15) is 25.7 Å². The van der Waals surface area contributed by atoms with E-state index >= 15 is 0 Å². The third kappa shape index (κ3) is 2.56. The average Bonchev–Trinajstić information content (AvgIpc) is 2.91. The number of hydrogen-bond acceptors (Lipinski definition) is 5. The molecule has 1 aliphatic heterocycles. The van der Waals surface area contributed by atoms with Gasteiger partial charge in [-0.2, -0.15) is 4.39 Å². The first-order chi connectivity index (χ1) is 10.5. The van der Waals surface area contributed by atoms with Crippen LogP contribution >= 0.6 is 0 Å². The van der Waals surface area contributed by atoms with Gasteiger partial charge in [-0.3, -0.25) is 0 Å². The van der Waals surface area contributed by atoms with Crippen molar-refractivity contribution in [2.24, 2.45) is 5.41 Å². The van der Waals surface area contributed by atoms with Gasteiger partial charge in [-0.15, -0.1) is 0 Å². The SMILES string of the molecule is COCCn1ccnc1C1N(c2cnc(F)cn2)CC1(C)C. The second-order valence-electron chi connectivity index (χ2n) is 6.19. The lowest BCUT2D eigenvalue weighted by molar-refractivity contribution is 0.156. The zero-order valence-corrected chi connectivity index (χ0v) is 13.0. The first kappa shape index (κ1) is 14.9. The van der Waals surface area contributed by atoms with Crippen LogP contribution in [0, 0.1) is 11.4 Å². The molecule has 1 saturated heterocycles. The maximum Gasteiger partial charge on any atom is 0.231 e. The van der Waals surface area contributed by atoms with Gasteiger partial charge in [-0.05, 0) is 0 Å². The largest absolute Gasteiger partial charge is 0.383 e. The summed E-state index contributed by atoms with van der Waals surface area (Å²) in [5.41, 5.74) is 0.0617. The molecule has 0 radical (unpaired) electrons. The van der Waals surface area contributed by atoms with Gasteiger partial charge < -0.3 is 14.2 Å². The molecule has 1 unspecified atom stereocenters. The van der Waals surface area contributed by atoms with Gasteiger partial charge in [0.2, 0.25) is 5.95 Å². The van der Waals surface area contributed by atoms with Crippen LogP contribution in [0.5, 0.6) is 0 Å². The number of nitrogens with zero attached hydrogens (tertiary/aromatic N) is 5. The van der Waals surface area contributed by atoms with E-state index in [-0.39, 0.29) is 11.5 Å². The Balaban J connectivity index is 1.89. The van der Waals surface area contributed by atoms with Crippen LogP contribution in [0.25, 0.3) is 0 Å². The van der Waals surface area contributed by atoms with E-state index in [0.717, 1.165) is 25.1 Å². The van der Waals surface area contributed by atoms with Gasteiger partial charge in [-0.25, -0.2) is 15.0 Å². The summed E-state index contributed by atoms with van der Waals surface area (Å²) in [6.07, 6.45) is 6.38. The highest BCUT2D eigenvalue weighted by Crippen LogP contribution is 2.49. The van der Waals surface area contributed by atoms with Gasteiger partial charge in [-0.1, -0.05) is 13.8 Å². The number of rotatable bonds is 5. The summed E-state index contributed by atoms with van der Waals surface area (Å²) in [6, 6.07) is 0.0825. The normalized spacial score (nSPS) is 20.0. The fourth-order valence-corrected chi connectivity index (χ4v) is 3.03. The van der Waals surface area contributed by atoms with Crippen LogP contribution in [-0.4, -0.2) is 39.8 Å². The Labute approximate surface area is 129 Å². The fourth-order valence-electron chi connectivity index (χ4n) is 3.03. The summed E-state index contributed by atoms with van der Waals surface area (Å²) in [6.45, 7) is 6.60. The third-order valence-electron chi connectivity index (χ3n) is 4.06. The van der Waals surface area contributed by atoms with E-state index in [0.29, 0.717) is 12.4 Å². The summed E-state index contributed by atoms with van der Waals surface area (Å²) in [4.78, 5) is 14.5. The molecule has 0 aliphatic carbocycles. The summed E-state index contributed by atoms with van der Waals surface area (Å²) >= 11 is 0. The first-order valence-corrected chi connectivity index (χ1v) is 7.27. The molecular weight excluding hydrogens is 285 g/mol. The van der Waals surface area contributed by atoms with Gasteiger partial charge in [0.15, 0.2) is 0 Å². The molecule has 3 heterocycles. The Morgan fingerprint density at radius 3 is 2.77 bits per heavy atom. The van der Waals surface area contributed by atoms with Gasteiger partial charge in [0.05, 0.1) is 25.0 Å². The average molecular weight is 305 g/mol. The van der Waals surface area contributed by atoms with Crippen LogP contribution in [0.4, 0.5) is 10.2 Å². The summed E-state index contributed by atoms with van der Waals surface area (Å²) in [5, 5.41) is 0. The van der Waals surface area contributed by atoms with Crippen LogP contribution in [0.3, 0.4) is 0 Å². The molecule has 3 rings (SSSR count). The number of hydrogen-bond donors (Lipinski definition) is 0. The Morgan fingerprint density at radius 2 is 2.14 bits per heavy atom. The zero-order valence-electron chi connectivity index (χ0n) is 13.0. The first-order valence-electron chi connectivity index (χ1n) is 7.27. The Kier molecular flexibility index (Phi) is 3.82. The minimum atomic E-state index is -0.568. The van der Waals surface area contributed by atoms with Crippen LogP contribution in [0.15, 0.2) is 24.8 Å². The van der Waals surface area contributed by atoms with Gasteiger partial charge in [0, 0.05) is 38.0 Å². The second kappa shape index (κ2) is 5.64. The molecule has 0 bridgehead atoms. The molecule has 0 spiro atoms. The summed E-state index contributed by atoms with van der Waals surface area (Å²) in [5.74, 6) is 1.08. The lowest BCUT2D eigenvalue weighted by Crippen LogP contribution is -2.57. The minimum Gasteiger partial charge on any atom is -0.383 e. The van der Waals surface area contributed by atoms with Gasteiger partial charge in [0.1, 0.15) is 11.6 Å². The van der Waals surface area contributed by atoms with Crippen molar-refractivity contribution in [3.8, 4) is 0 Å². The summed E-state index contributed by atoms with van der Waals surface area (Å²) < 4.78 is 20.2. The van der Waals surface area contributed by atoms with Crippen molar-refractivity contribution < 1.29 is 9.13 Å². The number of aromatic nitrogens is 4. The van der Waals surface area contributed by atoms with E-state index < -0.39 is 5.95 Å². The molecule has 0 aromatic carbocycles. The van der Waals surface area contributed by atoms with E-state index in [2.05, 4.69) is 38.3 Å². The van der Waals surface area contributed by atoms with Crippen molar-refractivity contribution >= 4 is 5.82 Å². The van der Waals surface area contributed by atoms with Crippen LogP contribution < -0.4 is 4.90 Å². The van der Waals surface area contributed by atoms with Crippen molar-refractivity contribution in [3.63, 3.8) is 0 Å². The van der Waals surface area contributed by atoms with E-state index in [1.54, 1.807) is 13.3 Å². The smallest absolute Gasteiger partial charge is 0.231 e. The fraction of sp³-hybridized carbons (Fsp3) is 0.533. The topological polar surface area (TPSA) is 56.1 Å². The van der Waals surface area contributed by atoms with Crippen molar-refractivity contribution in [1.82, 2.24) is 19.5 Å². The monoisotopic (exact) mass is 305 g/mol. The standard InChI is InChI=1S/C15H20FN5O/c1-15(2)10-21(12-9-18-11(16)8-19-12)13(15)14-17-4-5-20(14)6-7-22-3/h4-5,8-9,13H,6-7,10H2,1-3H3. The van der Waals surface area contributed by atoms with Crippen molar-refractivity contribution in [2.45, 2.75) is 26.4 Å². The molecule has 1 atom stereocenters. The maximum atomic E-state index is 13.0. The molecule has 2 aromatic heterocycles. The summed E-state index contributed by atoms with van der Waals surface area (Å²) in [7, 11) is 1.68. The molecule has 0 N–H and O–H groups in total. The highest BCUT2D eigenvalue weighted by Gasteiger charge is 2.49. The van der Waals surface area contributed by atoms with Crippen molar-refractivity contribution in [3.05, 3.63) is 36.6 Å².